The Morgan fingerprint density at radius 1 is 0.960 bits per heavy atom. The van der Waals surface area contributed by atoms with Gasteiger partial charge in [0.1, 0.15) is 10.5 Å². The zero-order chi connectivity index (χ0) is 17.1. The number of fused-ring (bicyclic) bond motifs is 1. The van der Waals surface area contributed by atoms with E-state index >= 15 is 0 Å². The third kappa shape index (κ3) is 3.19. The maximum Gasteiger partial charge on any atom is 0.161 e. The van der Waals surface area contributed by atoms with Crippen molar-refractivity contribution in [2.45, 2.75) is 10.8 Å². The Morgan fingerprint density at radius 3 is 2.40 bits per heavy atom. The van der Waals surface area contributed by atoms with E-state index < -0.39 is 0 Å². The molecule has 122 valence electrons. The molecule has 0 aliphatic heterocycles. The number of hydrogen-bond donors (Lipinski definition) is 1. The van der Waals surface area contributed by atoms with Crippen LogP contribution in [0.4, 0.5) is 0 Å². The molecular weight excluding hydrogens is 330 g/mol. The fourth-order valence-electron chi connectivity index (χ4n) is 2.63. The van der Waals surface area contributed by atoms with Crippen LogP contribution in [0, 0.1) is 0 Å². The minimum Gasteiger partial charge on any atom is -0.357 e. The molecule has 2 heterocycles. The van der Waals surface area contributed by atoms with Crippen molar-refractivity contribution in [2.75, 3.05) is 0 Å². The molecule has 0 amide bonds. The van der Waals surface area contributed by atoms with E-state index in [0.717, 1.165) is 28.1 Å². The van der Waals surface area contributed by atoms with E-state index in [1.54, 1.807) is 18.0 Å². The van der Waals surface area contributed by atoms with Crippen LogP contribution in [0.25, 0.3) is 22.4 Å². The zero-order valence-electron chi connectivity index (χ0n) is 13.3. The minimum absolute atomic E-state index is 0.552. The molecule has 5 heteroatoms. The highest BCUT2D eigenvalue weighted by atomic mass is 32.2. The van der Waals surface area contributed by atoms with E-state index in [2.05, 4.69) is 22.1 Å². The van der Waals surface area contributed by atoms with Gasteiger partial charge in [-0.2, -0.15) is 0 Å². The highest BCUT2D eigenvalue weighted by Gasteiger charge is 2.14. The number of aldehydes is 1. The van der Waals surface area contributed by atoms with Crippen LogP contribution in [0.5, 0.6) is 0 Å². The zero-order valence-corrected chi connectivity index (χ0v) is 14.2. The van der Waals surface area contributed by atoms with Gasteiger partial charge in [-0.3, -0.25) is 4.79 Å². The summed E-state index contributed by atoms with van der Waals surface area (Å²) in [6.07, 6.45) is 2.51. The van der Waals surface area contributed by atoms with Gasteiger partial charge in [0.2, 0.25) is 0 Å². The van der Waals surface area contributed by atoms with Crippen LogP contribution in [-0.2, 0) is 5.75 Å². The number of hydrogen-bond acceptors (Lipinski definition) is 4. The number of aromatic amines is 1. The smallest absolute Gasteiger partial charge is 0.161 e. The predicted octanol–water partition coefficient (Wildman–Crippen LogP) is 4.73. The second kappa shape index (κ2) is 6.91. The van der Waals surface area contributed by atoms with Crippen molar-refractivity contribution in [3.8, 4) is 11.4 Å². The Kier molecular flexibility index (Phi) is 4.31. The molecule has 0 unspecified atom stereocenters. The van der Waals surface area contributed by atoms with Crippen LogP contribution in [0.1, 0.15) is 15.9 Å². The van der Waals surface area contributed by atoms with Gasteiger partial charge in [-0.05, 0) is 5.56 Å². The molecule has 0 atom stereocenters. The van der Waals surface area contributed by atoms with Gasteiger partial charge >= 0.3 is 0 Å². The Morgan fingerprint density at radius 2 is 1.68 bits per heavy atom. The first kappa shape index (κ1) is 15.6. The van der Waals surface area contributed by atoms with Crippen LogP contribution >= 0.6 is 11.8 Å². The molecule has 0 fully saturated rings. The van der Waals surface area contributed by atoms with Crippen molar-refractivity contribution in [3.63, 3.8) is 0 Å². The van der Waals surface area contributed by atoms with E-state index in [-0.39, 0.29) is 0 Å². The monoisotopic (exact) mass is 345 g/mol. The molecule has 4 nitrogen and oxygen atoms in total. The highest BCUT2D eigenvalue weighted by Crippen LogP contribution is 2.30. The van der Waals surface area contributed by atoms with Gasteiger partial charge in [0, 0.05) is 17.5 Å². The van der Waals surface area contributed by atoms with Crippen molar-refractivity contribution < 1.29 is 4.79 Å². The SMILES string of the molecule is O=Cc1c[nH]c2c(SCc3ccccc3)nc(-c3ccccc3)nc12. The summed E-state index contributed by atoms with van der Waals surface area (Å²) in [5, 5.41) is 0.848. The summed E-state index contributed by atoms with van der Waals surface area (Å²) in [5.41, 5.74) is 4.19. The average molecular weight is 345 g/mol. The average Bonchev–Trinajstić information content (AvgIpc) is 3.11. The van der Waals surface area contributed by atoms with Crippen LogP contribution < -0.4 is 0 Å². The van der Waals surface area contributed by atoms with Crippen LogP contribution in [0.15, 0.2) is 71.9 Å². The molecule has 0 radical (unpaired) electrons. The second-order valence-electron chi connectivity index (χ2n) is 5.58. The highest BCUT2D eigenvalue weighted by molar-refractivity contribution is 7.98. The third-order valence-corrected chi connectivity index (χ3v) is 4.95. The maximum atomic E-state index is 11.3. The summed E-state index contributed by atoms with van der Waals surface area (Å²) in [4.78, 5) is 23.8. The summed E-state index contributed by atoms with van der Waals surface area (Å²) >= 11 is 1.64. The number of nitrogens with one attached hydrogen (secondary N) is 1. The maximum absolute atomic E-state index is 11.3. The third-order valence-electron chi connectivity index (χ3n) is 3.90. The Labute approximate surface area is 149 Å². The van der Waals surface area contributed by atoms with Crippen molar-refractivity contribution in [1.82, 2.24) is 15.0 Å². The van der Waals surface area contributed by atoms with Gasteiger partial charge in [-0.1, -0.05) is 72.4 Å². The Balaban J connectivity index is 1.78. The van der Waals surface area contributed by atoms with E-state index in [4.69, 9.17) is 4.98 Å². The molecule has 4 rings (SSSR count). The van der Waals surface area contributed by atoms with Crippen LogP contribution in [0.2, 0.25) is 0 Å². The molecule has 0 bridgehead atoms. The van der Waals surface area contributed by atoms with E-state index in [9.17, 15) is 4.79 Å². The molecule has 0 spiro atoms. The fraction of sp³-hybridized carbons (Fsp3) is 0.0500. The molecule has 0 aliphatic carbocycles. The summed E-state index contributed by atoms with van der Waals surface area (Å²) < 4.78 is 0. The Bertz CT molecular complexity index is 1010. The number of benzene rings is 2. The number of carbonyl (C=O) groups excluding carboxylic acids is 1. The first-order valence-corrected chi connectivity index (χ1v) is 8.90. The molecule has 2 aromatic heterocycles. The standard InChI is InChI=1S/C20H15N3OS/c24-12-16-11-21-18-17(16)22-19(15-9-5-2-6-10-15)23-20(18)25-13-14-7-3-1-4-8-14/h1-12,21H,13H2. The molecule has 0 saturated carbocycles. The fourth-order valence-corrected chi connectivity index (χ4v) is 3.58. The lowest BCUT2D eigenvalue weighted by Gasteiger charge is -2.07. The van der Waals surface area contributed by atoms with Gasteiger partial charge in [0.15, 0.2) is 12.1 Å². The summed E-state index contributed by atoms with van der Waals surface area (Å²) in [7, 11) is 0. The molecule has 1 N–H and O–H groups in total. The van der Waals surface area contributed by atoms with Crippen LogP contribution in [-0.4, -0.2) is 21.2 Å². The van der Waals surface area contributed by atoms with Gasteiger partial charge < -0.3 is 4.98 Å². The second-order valence-corrected chi connectivity index (χ2v) is 6.54. The molecule has 0 aliphatic rings. The first-order chi connectivity index (χ1) is 12.3. The molecule has 2 aromatic carbocycles. The number of carbonyl (C=O) groups is 1. The predicted molar refractivity (Wildman–Crippen MR) is 101 cm³/mol. The van der Waals surface area contributed by atoms with Crippen molar-refractivity contribution >= 4 is 29.1 Å². The lowest BCUT2D eigenvalue weighted by molar-refractivity contribution is 0.112. The van der Waals surface area contributed by atoms with Gasteiger partial charge in [-0.15, -0.1) is 0 Å². The largest absolute Gasteiger partial charge is 0.357 e. The summed E-state index contributed by atoms with van der Waals surface area (Å²) in [6.45, 7) is 0. The van der Waals surface area contributed by atoms with E-state index in [1.807, 2.05) is 48.5 Å². The number of H-pyrrole nitrogens is 1. The Hall–Kier alpha value is -2.92. The normalized spacial score (nSPS) is 10.9. The van der Waals surface area contributed by atoms with Crippen LogP contribution in [0.3, 0.4) is 0 Å². The van der Waals surface area contributed by atoms with Gasteiger partial charge in [0.25, 0.3) is 0 Å². The first-order valence-electron chi connectivity index (χ1n) is 7.91. The topological polar surface area (TPSA) is 58.6 Å². The van der Waals surface area contributed by atoms with Gasteiger partial charge in [-0.25, -0.2) is 9.97 Å². The van der Waals surface area contributed by atoms with E-state index in [0.29, 0.717) is 16.9 Å². The summed E-state index contributed by atoms with van der Waals surface area (Å²) in [6, 6.07) is 20.1. The molecule has 4 aromatic rings. The number of thioether (sulfide) groups is 1. The lowest BCUT2D eigenvalue weighted by Crippen LogP contribution is -1.94. The van der Waals surface area contributed by atoms with E-state index in [1.165, 1.54) is 5.56 Å². The quantitative estimate of drug-likeness (QED) is 0.323. The molecular formula is C20H15N3OS. The molecule has 25 heavy (non-hydrogen) atoms. The van der Waals surface area contributed by atoms with Gasteiger partial charge in [0.05, 0.1) is 11.1 Å². The number of aromatic nitrogens is 3. The van der Waals surface area contributed by atoms with Crippen molar-refractivity contribution in [1.29, 1.82) is 0 Å². The minimum atomic E-state index is 0.552. The molecule has 0 saturated heterocycles. The summed E-state index contributed by atoms with van der Waals surface area (Å²) in [5.74, 6) is 1.43. The van der Waals surface area contributed by atoms with Crippen molar-refractivity contribution in [3.05, 3.63) is 78.0 Å². The number of nitrogens with zero attached hydrogens (tertiary/aromatic N) is 2. The van der Waals surface area contributed by atoms with Crippen molar-refractivity contribution in [2.24, 2.45) is 0 Å². The lowest BCUT2D eigenvalue weighted by atomic mass is 10.2. The number of rotatable bonds is 5.